The Hall–Kier alpha value is -2.58. The molecule has 1 N–H and O–H groups in total. The van der Waals surface area contributed by atoms with Gasteiger partial charge in [0.1, 0.15) is 6.04 Å². The Kier molecular flexibility index (Phi) is 7.48. The molecular weight excluding hydrogens is 500 g/mol. The molecule has 1 spiro atoms. The lowest BCUT2D eigenvalue weighted by atomic mass is 9.74. The zero-order valence-electron chi connectivity index (χ0n) is 22.4. The van der Waals surface area contributed by atoms with Crippen LogP contribution in [0.1, 0.15) is 45.6 Å². The number of allylic oxidation sites excluding steroid dienone is 1. The zero-order valence-corrected chi connectivity index (χ0v) is 23.2. The Labute approximate surface area is 229 Å². The molecular formula is C30H38N2O5S. The summed E-state index contributed by atoms with van der Waals surface area (Å²) >= 11 is 1.55. The summed E-state index contributed by atoms with van der Waals surface area (Å²) in [4.78, 5) is 45.9. The third-order valence-corrected chi connectivity index (χ3v) is 10.3. The highest BCUT2D eigenvalue weighted by molar-refractivity contribution is 8.02. The van der Waals surface area contributed by atoms with Gasteiger partial charge in [0.2, 0.25) is 11.8 Å². The number of esters is 1. The quantitative estimate of drug-likeness (QED) is 0.457. The van der Waals surface area contributed by atoms with E-state index in [-0.39, 0.29) is 30.4 Å². The fourth-order valence-electron chi connectivity index (χ4n) is 6.75. The van der Waals surface area contributed by atoms with Crippen molar-refractivity contribution >= 4 is 29.5 Å². The second-order valence-electron chi connectivity index (χ2n) is 11.3. The number of aliphatic hydroxyl groups is 1. The number of likely N-dealkylation sites (tertiary alicyclic amines) is 1. The molecule has 1 aromatic rings. The van der Waals surface area contributed by atoms with Crippen molar-refractivity contribution in [3.8, 4) is 0 Å². The average molecular weight is 539 g/mol. The van der Waals surface area contributed by atoms with Gasteiger partial charge in [-0.05, 0) is 52.0 Å². The molecule has 0 aromatic heterocycles. The highest BCUT2D eigenvalue weighted by Gasteiger charge is 2.74. The summed E-state index contributed by atoms with van der Waals surface area (Å²) < 4.78 is 4.09. The number of cyclic esters (lactones) is 1. The van der Waals surface area contributed by atoms with Gasteiger partial charge in [-0.25, -0.2) is 0 Å². The maximum atomic E-state index is 14.5. The molecule has 4 aliphatic heterocycles. The molecule has 0 radical (unpaired) electrons. The first kappa shape index (κ1) is 27.0. The summed E-state index contributed by atoms with van der Waals surface area (Å²) in [6.45, 7) is 6.43. The van der Waals surface area contributed by atoms with E-state index in [1.54, 1.807) is 21.6 Å². The molecule has 5 rings (SSSR count). The Morgan fingerprint density at radius 2 is 1.82 bits per heavy atom. The molecule has 4 heterocycles. The predicted molar refractivity (Wildman–Crippen MR) is 147 cm³/mol. The summed E-state index contributed by atoms with van der Waals surface area (Å²) in [5.41, 5.74) is 0.973. The SMILES string of the molecule is CC(C)N1CC=C[C@]23S[C@]4(C)/C=C\CCCCOC(=O)[C@@H]4[C@H]2C(=O)N([C@@H](CO)Cc2ccccc2)C3C1=O. The summed E-state index contributed by atoms with van der Waals surface area (Å²) in [5, 5.41) is 10.6. The van der Waals surface area contributed by atoms with Crippen LogP contribution in [-0.2, 0) is 25.5 Å². The second kappa shape index (κ2) is 10.5. The van der Waals surface area contributed by atoms with Gasteiger partial charge in [-0.3, -0.25) is 14.4 Å². The Morgan fingerprint density at radius 1 is 1.05 bits per heavy atom. The van der Waals surface area contributed by atoms with Gasteiger partial charge in [0.25, 0.3) is 0 Å². The van der Waals surface area contributed by atoms with Crippen molar-refractivity contribution < 1.29 is 24.2 Å². The third kappa shape index (κ3) is 4.39. The molecule has 0 saturated carbocycles. The third-order valence-electron chi connectivity index (χ3n) is 8.51. The van der Waals surface area contributed by atoms with Gasteiger partial charge < -0.3 is 19.6 Å². The minimum Gasteiger partial charge on any atom is -0.465 e. The standard InChI is InChI=1S/C30H38N2O5S/c1-20(2)31-16-11-15-30-23(24-28(36)37-17-10-5-4-9-14-29(24,3)38-30)26(34)32(25(30)27(31)35)22(19-33)18-21-12-7-6-8-13-21/h6-9,11-15,20,22-25,33H,4-5,10,16-19H2,1-3H3/b14-9-/t22-,23+,24+,25?,29-,30+/m1/s1. The van der Waals surface area contributed by atoms with Crippen LogP contribution in [0, 0.1) is 11.8 Å². The molecule has 0 aliphatic carbocycles. The number of benzene rings is 1. The van der Waals surface area contributed by atoms with Crippen LogP contribution in [0.25, 0.3) is 0 Å². The van der Waals surface area contributed by atoms with Crippen LogP contribution in [0.5, 0.6) is 0 Å². The van der Waals surface area contributed by atoms with E-state index in [1.807, 2.05) is 63.3 Å². The number of hydrogen-bond donors (Lipinski definition) is 1. The van der Waals surface area contributed by atoms with Gasteiger partial charge in [-0.15, -0.1) is 11.8 Å². The first-order valence-corrected chi connectivity index (χ1v) is 14.5. The molecule has 38 heavy (non-hydrogen) atoms. The van der Waals surface area contributed by atoms with E-state index in [0.717, 1.165) is 24.8 Å². The largest absolute Gasteiger partial charge is 0.465 e. The number of aliphatic hydroxyl groups excluding tert-OH is 1. The van der Waals surface area contributed by atoms with E-state index in [2.05, 4.69) is 12.2 Å². The molecule has 1 unspecified atom stereocenters. The molecule has 204 valence electrons. The van der Waals surface area contributed by atoms with E-state index in [1.165, 1.54) is 0 Å². The average Bonchev–Trinajstić information content (AvgIpc) is 3.22. The number of ether oxygens (including phenoxy) is 1. The fourth-order valence-corrected chi connectivity index (χ4v) is 8.89. The smallest absolute Gasteiger partial charge is 0.311 e. The summed E-state index contributed by atoms with van der Waals surface area (Å²) in [7, 11) is 0. The van der Waals surface area contributed by atoms with Gasteiger partial charge in [0, 0.05) is 17.3 Å². The Morgan fingerprint density at radius 3 is 2.53 bits per heavy atom. The minimum absolute atomic E-state index is 0.0624. The molecule has 6 atom stereocenters. The van der Waals surface area contributed by atoms with Crippen LogP contribution >= 0.6 is 11.8 Å². The molecule has 0 bridgehead atoms. The first-order valence-electron chi connectivity index (χ1n) is 13.7. The zero-order chi connectivity index (χ0) is 27.1. The molecule has 2 amide bonds. The molecule has 1 aromatic carbocycles. The molecule has 2 saturated heterocycles. The molecule has 8 heteroatoms. The maximum absolute atomic E-state index is 14.5. The van der Waals surface area contributed by atoms with Crippen molar-refractivity contribution in [1.29, 1.82) is 0 Å². The van der Waals surface area contributed by atoms with E-state index in [4.69, 9.17) is 4.74 Å². The fraction of sp³-hybridized carbons (Fsp3) is 0.567. The highest BCUT2D eigenvalue weighted by Crippen LogP contribution is 2.65. The van der Waals surface area contributed by atoms with Crippen LogP contribution in [-0.4, -0.2) is 80.1 Å². The summed E-state index contributed by atoms with van der Waals surface area (Å²) in [6, 6.07) is 8.21. The van der Waals surface area contributed by atoms with Crippen LogP contribution in [0.15, 0.2) is 54.6 Å². The molecule has 2 fully saturated rings. The number of carbonyl (C=O) groups is 3. The van der Waals surface area contributed by atoms with E-state index in [0.29, 0.717) is 19.6 Å². The van der Waals surface area contributed by atoms with E-state index >= 15 is 0 Å². The van der Waals surface area contributed by atoms with Crippen LogP contribution in [0.2, 0.25) is 0 Å². The van der Waals surface area contributed by atoms with Crippen molar-refractivity contribution in [3.63, 3.8) is 0 Å². The number of amides is 2. The maximum Gasteiger partial charge on any atom is 0.311 e. The summed E-state index contributed by atoms with van der Waals surface area (Å²) in [5.74, 6) is -2.27. The van der Waals surface area contributed by atoms with Gasteiger partial charge in [-0.1, -0.05) is 54.6 Å². The lowest BCUT2D eigenvalue weighted by Crippen LogP contribution is -2.58. The highest BCUT2D eigenvalue weighted by atomic mass is 32.2. The van der Waals surface area contributed by atoms with Gasteiger partial charge >= 0.3 is 5.97 Å². The van der Waals surface area contributed by atoms with Crippen molar-refractivity contribution in [1.82, 2.24) is 9.80 Å². The molecule has 7 nitrogen and oxygen atoms in total. The predicted octanol–water partition coefficient (Wildman–Crippen LogP) is 3.37. The molecule has 4 aliphatic rings. The Balaban J connectivity index is 1.65. The number of nitrogens with zero attached hydrogens (tertiary/aromatic N) is 2. The number of fused-ring (bicyclic) bond motifs is 2. The van der Waals surface area contributed by atoms with Crippen molar-refractivity contribution in [2.75, 3.05) is 19.8 Å². The minimum atomic E-state index is -0.946. The lowest BCUT2D eigenvalue weighted by molar-refractivity contribution is -0.155. The lowest BCUT2D eigenvalue weighted by Gasteiger charge is -2.40. The number of carbonyl (C=O) groups excluding carboxylic acids is 3. The monoisotopic (exact) mass is 538 g/mol. The Bertz CT molecular complexity index is 1140. The summed E-state index contributed by atoms with van der Waals surface area (Å²) in [6.07, 6.45) is 11.2. The van der Waals surface area contributed by atoms with Gasteiger partial charge in [0.15, 0.2) is 0 Å². The van der Waals surface area contributed by atoms with Crippen LogP contribution in [0.4, 0.5) is 0 Å². The first-order chi connectivity index (χ1) is 18.2. The van der Waals surface area contributed by atoms with Crippen LogP contribution < -0.4 is 0 Å². The van der Waals surface area contributed by atoms with Crippen molar-refractivity contribution in [3.05, 3.63) is 60.2 Å². The van der Waals surface area contributed by atoms with Gasteiger partial charge in [-0.2, -0.15) is 0 Å². The normalized spacial score (nSPS) is 34.9. The van der Waals surface area contributed by atoms with E-state index < -0.39 is 33.4 Å². The van der Waals surface area contributed by atoms with Crippen molar-refractivity contribution in [2.24, 2.45) is 11.8 Å². The number of hydrogen-bond acceptors (Lipinski definition) is 6. The van der Waals surface area contributed by atoms with Crippen LogP contribution in [0.3, 0.4) is 0 Å². The topological polar surface area (TPSA) is 87.2 Å². The van der Waals surface area contributed by atoms with Gasteiger partial charge in [0.05, 0.1) is 35.8 Å². The number of rotatable bonds is 5. The van der Waals surface area contributed by atoms with E-state index in [9.17, 15) is 19.5 Å². The number of thioether (sulfide) groups is 1. The van der Waals surface area contributed by atoms with Crippen molar-refractivity contribution in [2.45, 2.75) is 74.1 Å². The second-order valence-corrected chi connectivity index (χ2v) is 13.1.